The Morgan fingerprint density at radius 1 is 1.24 bits per heavy atom. The van der Waals surface area contributed by atoms with Crippen LogP contribution >= 0.6 is 0 Å². The minimum Gasteiger partial charge on any atom is -0.340 e. The molecule has 2 N–H and O–H groups in total. The average Bonchev–Trinajstić information content (AvgIpc) is 2.37. The van der Waals surface area contributed by atoms with E-state index in [1.807, 2.05) is 4.90 Å². The molecule has 1 aliphatic rings. The second-order valence-electron chi connectivity index (χ2n) is 5.22. The summed E-state index contributed by atoms with van der Waals surface area (Å²) in [6.07, 6.45) is 1.78. The fourth-order valence-corrected chi connectivity index (χ4v) is 2.13. The zero-order chi connectivity index (χ0) is 12.8. The smallest absolute Gasteiger partial charge is 0.222 e. The highest BCUT2D eigenvalue weighted by Crippen LogP contribution is 2.12. The monoisotopic (exact) mass is 241 g/mol. The molecule has 0 bridgehead atoms. The first kappa shape index (κ1) is 14.5. The summed E-state index contributed by atoms with van der Waals surface area (Å²) in [5.41, 5.74) is 5.66. The second-order valence-corrected chi connectivity index (χ2v) is 5.22. The first-order valence-electron chi connectivity index (χ1n) is 6.80. The molecule has 1 aliphatic heterocycles. The molecule has 100 valence electrons. The van der Waals surface area contributed by atoms with Gasteiger partial charge in [-0.3, -0.25) is 9.69 Å². The predicted molar refractivity (Wildman–Crippen MR) is 70.7 cm³/mol. The summed E-state index contributed by atoms with van der Waals surface area (Å²) in [6.45, 7) is 10.8. The summed E-state index contributed by atoms with van der Waals surface area (Å²) in [7, 11) is 0. The van der Waals surface area contributed by atoms with Crippen LogP contribution in [0.25, 0.3) is 0 Å². The number of carbonyl (C=O) groups excluding carboxylic acids is 1. The molecule has 1 rings (SSSR count). The van der Waals surface area contributed by atoms with Gasteiger partial charge in [-0.15, -0.1) is 0 Å². The molecule has 0 aromatic carbocycles. The highest BCUT2D eigenvalue weighted by Gasteiger charge is 2.23. The van der Waals surface area contributed by atoms with Crippen LogP contribution in [0.1, 0.15) is 33.6 Å². The lowest BCUT2D eigenvalue weighted by Crippen LogP contribution is -2.53. The van der Waals surface area contributed by atoms with Gasteiger partial charge < -0.3 is 10.6 Å². The van der Waals surface area contributed by atoms with Gasteiger partial charge in [-0.2, -0.15) is 0 Å². The molecule has 4 heteroatoms. The maximum Gasteiger partial charge on any atom is 0.222 e. The van der Waals surface area contributed by atoms with Crippen LogP contribution < -0.4 is 5.73 Å². The van der Waals surface area contributed by atoms with Gasteiger partial charge in [-0.05, 0) is 12.8 Å². The van der Waals surface area contributed by atoms with Gasteiger partial charge >= 0.3 is 0 Å². The molecule has 0 aliphatic carbocycles. The van der Waals surface area contributed by atoms with Crippen molar-refractivity contribution in [1.29, 1.82) is 0 Å². The topological polar surface area (TPSA) is 49.6 Å². The van der Waals surface area contributed by atoms with Crippen LogP contribution in [0.4, 0.5) is 0 Å². The maximum absolute atomic E-state index is 12.0. The molecule has 17 heavy (non-hydrogen) atoms. The number of piperazine rings is 1. The zero-order valence-electron chi connectivity index (χ0n) is 11.5. The van der Waals surface area contributed by atoms with Gasteiger partial charge in [-0.1, -0.05) is 20.3 Å². The number of carbonyl (C=O) groups is 1. The predicted octanol–water partition coefficient (Wildman–Crippen LogP) is 0.914. The van der Waals surface area contributed by atoms with E-state index in [0.29, 0.717) is 30.8 Å². The first-order chi connectivity index (χ1) is 8.08. The van der Waals surface area contributed by atoms with Gasteiger partial charge in [0.1, 0.15) is 0 Å². The summed E-state index contributed by atoms with van der Waals surface area (Å²) >= 11 is 0. The van der Waals surface area contributed by atoms with Crippen LogP contribution in [-0.4, -0.2) is 54.5 Å². The Balaban J connectivity index is 2.33. The van der Waals surface area contributed by atoms with Gasteiger partial charge in [0.15, 0.2) is 0 Å². The number of amides is 1. The van der Waals surface area contributed by atoms with Gasteiger partial charge in [0.2, 0.25) is 5.91 Å². The quantitative estimate of drug-likeness (QED) is 0.778. The molecular formula is C13H27N3O. The van der Waals surface area contributed by atoms with Crippen molar-refractivity contribution in [3.05, 3.63) is 0 Å². The van der Waals surface area contributed by atoms with Crippen molar-refractivity contribution < 1.29 is 4.79 Å². The molecule has 4 nitrogen and oxygen atoms in total. The third kappa shape index (κ3) is 4.28. The van der Waals surface area contributed by atoms with Crippen LogP contribution in [0.2, 0.25) is 0 Å². The van der Waals surface area contributed by atoms with Crippen LogP contribution in [0, 0.1) is 5.92 Å². The Labute approximate surface area is 105 Å². The summed E-state index contributed by atoms with van der Waals surface area (Å²) < 4.78 is 0. The summed E-state index contributed by atoms with van der Waals surface area (Å²) in [6, 6.07) is 0.432. The maximum atomic E-state index is 12.0. The third-order valence-electron chi connectivity index (χ3n) is 3.85. The lowest BCUT2D eigenvalue weighted by Gasteiger charge is -2.38. The molecule has 0 spiro atoms. The van der Waals surface area contributed by atoms with E-state index in [4.69, 9.17) is 5.73 Å². The van der Waals surface area contributed by atoms with Crippen molar-refractivity contribution in [2.45, 2.75) is 39.7 Å². The fraction of sp³-hybridized carbons (Fsp3) is 0.923. The summed E-state index contributed by atoms with van der Waals surface area (Å²) in [5, 5.41) is 0. The Bertz CT molecular complexity index is 237. The highest BCUT2D eigenvalue weighted by atomic mass is 16.2. The van der Waals surface area contributed by atoms with E-state index in [1.54, 1.807) is 0 Å². The van der Waals surface area contributed by atoms with Crippen molar-refractivity contribution in [1.82, 2.24) is 9.80 Å². The lowest BCUT2D eigenvalue weighted by atomic mass is 10.0. The molecule has 0 aromatic heterocycles. The van der Waals surface area contributed by atoms with Gasteiger partial charge in [0.05, 0.1) is 0 Å². The lowest BCUT2D eigenvalue weighted by molar-refractivity contribution is -0.134. The first-order valence-corrected chi connectivity index (χ1v) is 6.80. The Morgan fingerprint density at radius 2 is 1.82 bits per heavy atom. The highest BCUT2D eigenvalue weighted by molar-refractivity contribution is 5.76. The number of hydrogen-bond donors (Lipinski definition) is 1. The Morgan fingerprint density at radius 3 is 2.29 bits per heavy atom. The molecule has 2 unspecified atom stereocenters. The fourth-order valence-electron chi connectivity index (χ4n) is 2.13. The molecule has 1 fully saturated rings. The summed E-state index contributed by atoms with van der Waals surface area (Å²) in [5.74, 6) is 0.822. The molecular weight excluding hydrogens is 214 g/mol. The molecule has 0 aromatic rings. The molecule has 1 saturated heterocycles. The van der Waals surface area contributed by atoms with E-state index >= 15 is 0 Å². The van der Waals surface area contributed by atoms with E-state index in [9.17, 15) is 4.79 Å². The van der Waals surface area contributed by atoms with Crippen LogP contribution in [-0.2, 0) is 4.79 Å². The number of nitrogens with zero attached hydrogens (tertiary/aromatic N) is 2. The van der Waals surface area contributed by atoms with E-state index in [-0.39, 0.29) is 0 Å². The normalized spacial score (nSPS) is 21.3. The molecule has 0 radical (unpaired) electrons. The molecule has 0 saturated carbocycles. The zero-order valence-corrected chi connectivity index (χ0v) is 11.5. The SMILES string of the molecule is CCC(C)CC(=O)N1CCN(C(C)CN)CC1. The molecule has 1 heterocycles. The van der Waals surface area contributed by atoms with E-state index in [1.165, 1.54) is 0 Å². The van der Waals surface area contributed by atoms with Crippen LogP contribution in [0.5, 0.6) is 0 Å². The minimum atomic E-state index is 0.319. The van der Waals surface area contributed by atoms with Crippen molar-refractivity contribution in [2.24, 2.45) is 11.7 Å². The van der Waals surface area contributed by atoms with Gasteiger partial charge in [-0.25, -0.2) is 0 Å². The van der Waals surface area contributed by atoms with Crippen molar-refractivity contribution in [2.75, 3.05) is 32.7 Å². The van der Waals surface area contributed by atoms with Gasteiger partial charge in [0.25, 0.3) is 0 Å². The molecule has 1 amide bonds. The standard InChI is InChI=1S/C13H27N3O/c1-4-11(2)9-13(17)16-7-5-15(6-8-16)12(3)10-14/h11-12H,4-10,14H2,1-3H3. The van der Waals surface area contributed by atoms with E-state index in [0.717, 1.165) is 32.6 Å². The minimum absolute atomic E-state index is 0.319. The summed E-state index contributed by atoms with van der Waals surface area (Å²) in [4.78, 5) is 16.4. The van der Waals surface area contributed by atoms with Gasteiger partial charge in [0, 0.05) is 45.2 Å². The second kappa shape index (κ2) is 6.97. The number of hydrogen-bond acceptors (Lipinski definition) is 3. The van der Waals surface area contributed by atoms with Crippen molar-refractivity contribution in [3.8, 4) is 0 Å². The van der Waals surface area contributed by atoms with Crippen molar-refractivity contribution in [3.63, 3.8) is 0 Å². The van der Waals surface area contributed by atoms with Crippen LogP contribution in [0.15, 0.2) is 0 Å². The Hall–Kier alpha value is -0.610. The average molecular weight is 241 g/mol. The largest absolute Gasteiger partial charge is 0.340 e. The number of rotatable bonds is 5. The van der Waals surface area contributed by atoms with Crippen LogP contribution in [0.3, 0.4) is 0 Å². The van der Waals surface area contributed by atoms with Crippen molar-refractivity contribution >= 4 is 5.91 Å². The van der Waals surface area contributed by atoms with E-state index < -0.39 is 0 Å². The Kier molecular flexibility index (Phi) is 5.92. The molecule has 2 atom stereocenters. The number of nitrogens with two attached hydrogens (primary N) is 1. The van der Waals surface area contributed by atoms with E-state index in [2.05, 4.69) is 25.7 Å². The third-order valence-corrected chi connectivity index (χ3v) is 3.85.